The molecule has 1 aromatic carbocycles. The van der Waals surface area contributed by atoms with Gasteiger partial charge >= 0.3 is 0 Å². The van der Waals surface area contributed by atoms with Gasteiger partial charge in [-0.05, 0) is 24.3 Å². The number of carbonyl (C=O) groups is 1. The lowest BCUT2D eigenvalue weighted by Gasteiger charge is -2.27. The number of benzene rings is 1. The fourth-order valence-electron chi connectivity index (χ4n) is 4.22. The average Bonchev–Trinajstić information content (AvgIpc) is 3.65. The second kappa shape index (κ2) is 9.35. The molecule has 188 valence electrons. The van der Waals surface area contributed by atoms with Crippen molar-refractivity contribution in [2.75, 3.05) is 41.8 Å². The fraction of sp³-hybridized carbons (Fsp3) is 0.250. The lowest BCUT2D eigenvalue weighted by atomic mass is 10.3. The second-order valence-electron chi connectivity index (χ2n) is 8.59. The van der Waals surface area contributed by atoms with Gasteiger partial charge < -0.3 is 25.3 Å². The van der Waals surface area contributed by atoms with Gasteiger partial charge in [0.2, 0.25) is 11.9 Å². The maximum absolute atomic E-state index is 11.6. The summed E-state index contributed by atoms with van der Waals surface area (Å²) in [7, 11) is 1.87. The lowest BCUT2D eigenvalue weighted by molar-refractivity contribution is -0.111. The van der Waals surface area contributed by atoms with Crippen LogP contribution in [0.5, 0.6) is 0 Å². The molecule has 0 unspecified atom stereocenters. The first-order valence-electron chi connectivity index (χ1n) is 11.8. The number of hydrogen-bond acceptors (Lipinski definition) is 9. The average molecular weight is 500 g/mol. The van der Waals surface area contributed by atoms with Crippen molar-refractivity contribution >= 4 is 45.6 Å². The van der Waals surface area contributed by atoms with Crippen molar-refractivity contribution in [2.45, 2.75) is 6.54 Å². The molecule has 5 heterocycles. The molecular weight excluding hydrogens is 474 g/mol. The van der Waals surface area contributed by atoms with Crippen LogP contribution in [0.15, 0.2) is 49.6 Å². The van der Waals surface area contributed by atoms with Gasteiger partial charge in [0.1, 0.15) is 12.2 Å². The van der Waals surface area contributed by atoms with Gasteiger partial charge in [-0.25, -0.2) is 9.97 Å². The van der Waals surface area contributed by atoms with Gasteiger partial charge in [0.25, 0.3) is 0 Å². The number of aryl methyl sites for hydroxylation is 1. The van der Waals surface area contributed by atoms with Crippen molar-refractivity contribution < 1.29 is 9.53 Å². The number of morpholine rings is 1. The van der Waals surface area contributed by atoms with Gasteiger partial charge in [-0.2, -0.15) is 15.1 Å². The number of H-pyrrole nitrogens is 1. The van der Waals surface area contributed by atoms with Crippen LogP contribution in [-0.2, 0) is 23.1 Å². The zero-order chi connectivity index (χ0) is 25.4. The van der Waals surface area contributed by atoms with Crippen molar-refractivity contribution in [3.05, 3.63) is 55.4 Å². The molecule has 3 N–H and O–H groups in total. The predicted molar refractivity (Wildman–Crippen MR) is 139 cm³/mol. The standard InChI is InChI=1S/C24H25N11O2/c1-3-20(36)28-15-4-5-17-18(10-15)30-19(29-17)12-25-22-21-23(32-24(31-22)34-6-8-37-9-7-34)35(14-26-21)16-11-27-33(2)13-16/h3-5,10-11,13-14H,1,6-9,12H2,2H3,(H,28,36)(H,29,30)(H,25,31,32). The molecule has 0 radical (unpaired) electrons. The highest BCUT2D eigenvalue weighted by atomic mass is 16.5. The largest absolute Gasteiger partial charge is 0.378 e. The summed E-state index contributed by atoms with van der Waals surface area (Å²) in [6.45, 7) is 6.54. The molecule has 6 rings (SSSR count). The van der Waals surface area contributed by atoms with Crippen LogP contribution in [-0.4, -0.2) is 71.5 Å². The van der Waals surface area contributed by atoms with E-state index in [2.05, 4.69) is 42.2 Å². The van der Waals surface area contributed by atoms with Crippen molar-refractivity contribution in [1.82, 2.24) is 39.3 Å². The van der Waals surface area contributed by atoms with Gasteiger partial charge in [-0.1, -0.05) is 6.58 Å². The number of anilines is 3. The van der Waals surface area contributed by atoms with Crippen LogP contribution in [0.4, 0.5) is 17.5 Å². The van der Waals surface area contributed by atoms with E-state index in [-0.39, 0.29) is 5.91 Å². The Kier molecular flexibility index (Phi) is 5.73. The molecule has 1 saturated heterocycles. The normalized spacial score (nSPS) is 13.8. The van der Waals surface area contributed by atoms with Crippen LogP contribution in [0.2, 0.25) is 0 Å². The Morgan fingerprint density at radius 2 is 2.11 bits per heavy atom. The minimum Gasteiger partial charge on any atom is -0.378 e. The van der Waals surface area contributed by atoms with Gasteiger partial charge in [0, 0.05) is 32.0 Å². The van der Waals surface area contributed by atoms with E-state index in [0.717, 1.165) is 16.7 Å². The molecule has 0 aliphatic carbocycles. The summed E-state index contributed by atoms with van der Waals surface area (Å²) in [5.41, 5.74) is 4.44. The Hall–Kier alpha value is -4.78. The van der Waals surface area contributed by atoms with Crippen molar-refractivity contribution in [3.8, 4) is 5.69 Å². The molecule has 0 bridgehead atoms. The van der Waals surface area contributed by atoms with Gasteiger partial charge in [-0.15, -0.1) is 0 Å². The van der Waals surface area contributed by atoms with E-state index in [1.807, 2.05) is 29.9 Å². The number of ether oxygens (including phenoxy) is 1. The number of amides is 1. The molecule has 0 atom stereocenters. The Morgan fingerprint density at radius 1 is 1.24 bits per heavy atom. The number of nitrogens with one attached hydrogen (secondary N) is 3. The molecule has 37 heavy (non-hydrogen) atoms. The number of imidazole rings is 2. The number of aromatic amines is 1. The quantitative estimate of drug-likeness (QED) is 0.286. The minimum atomic E-state index is -0.268. The molecule has 0 saturated carbocycles. The Morgan fingerprint density at radius 3 is 2.89 bits per heavy atom. The summed E-state index contributed by atoms with van der Waals surface area (Å²) >= 11 is 0. The number of rotatable bonds is 7. The molecule has 0 spiro atoms. The maximum Gasteiger partial charge on any atom is 0.247 e. The molecule has 1 aliphatic heterocycles. The molecule has 5 aromatic rings. The van der Waals surface area contributed by atoms with Gasteiger partial charge in [0.05, 0.1) is 42.7 Å². The molecule has 1 aliphatic rings. The van der Waals surface area contributed by atoms with Crippen molar-refractivity contribution in [2.24, 2.45) is 7.05 Å². The Balaban J connectivity index is 1.32. The van der Waals surface area contributed by atoms with Crippen LogP contribution in [0, 0.1) is 0 Å². The van der Waals surface area contributed by atoms with Crippen LogP contribution in [0.25, 0.3) is 27.9 Å². The number of aromatic nitrogens is 8. The summed E-state index contributed by atoms with van der Waals surface area (Å²) in [5, 5.41) is 10.4. The molecule has 4 aromatic heterocycles. The first kappa shape index (κ1) is 22.7. The van der Waals surface area contributed by atoms with Crippen LogP contribution in [0.3, 0.4) is 0 Å². The number of nitrogens with zero attached hydrogens (tertiary/aromatic N) is 8. The van der Waals surface area contributed by atoms with Crippen LogP contribution >= 0.6 is 0 Å². The van der Waals surface area contributed by atoms with E-state index >= 15 is 0 Å². The van der Waals surface area contributed by atoms with E-state index in [4.69, 9.17) is 14.7 Å². The number of hydrogen-bond donors (Lipinski definition) is 3. The highest BCUT2D eigenvalue weighted by molar-refractivity contribution is 6.00. The minimum absolute atomic E-state index is 0.268. The lowest BCUT2D eigenvalue weighted by Crippen LogP contribution is -2.37. The molecule has 13 heteroatoms. The Labute approximate surface area is 211 Å². The fourth-order valence-corrected chi connectivity index (χ4v) is 4.22. The van der Waals surface area contributed by atoms with Crippen LogP contribution < -0.4 is 15.5 Å². The third-order valence-corrected chi connectivity index (χ3v) is 6.05. The smallest absolute Gasteiger partial charge is 0.247 e. The molecule has 1 fully saturated rings. The monoisotopic (exact) mass is 499 g/mol. The van der Waals surface area contributed by atoms with E-state index in [0.29, 0.717) is 67.3 Å². The van der Waals surface area contributed by atoms with Crippen LogP contribution in [0.1, 0.15) is 5.82 Å². The number of fused-ring (bicyclic) bond motifs is 2. The molecule has 1 amide bonds. The third-order valence-electron chi connectivity index (χ3n) is 6.05. The van der Waals surface area contributed by atoms with Gasteiger partial charge in [-0.3, -0.25) is 14.0 Å². The highest BCUT2D eigenvalue weighted by Crippen LogP contribution is 2.26. The van der Waals surface area contributed by atoms with E-state index < -0.39 is 0 Å². The SMILES string of the molecule is C=CC(=O)Nc1ccc2nc(CNc3nc(N4CCOCC4)nc4c3ncn4-c3cnn(C)c3)[nH]c2c1. The summed E-state index contributed by atoms with van der Waals surface area (Å²) in [6, 6.07) is 5.49. The van der Waals surface area contributed by atoms with Crippen molar-refractivity contribution in [3.63, 3.8) is 0 Å². The maximum atomic E-state index is 11.6. The second-order valence-corrected chi connectivity index (χ2v) is 8.59. The topological polar surface area (TPSA) is 144 Å². The zero-order valence-electron chi connectivity index (χ0n) is 20.2. The predicted octanol–water partition coefficient (Wildman–Crippen LogP) is 2.00. The Bertz CT molecular complexity index is 1610. The molecule has 13 nitrogen and oxygen atoms in total. The van der Waals surface area contributed by atoms with E-state index in [9.17, 15) is 4.79 Å². The number of carbonyl (C=O) groups excluding carboxylic acids is 1. The van der Waals surface area contributed by atoms with E-state index in [1.165, 1.54) is 6.08 Å². The highest BCUT2D eigenvalue weighted by Gasteiger charge is 2.20. The summed E-state index contributed by atoms with van der Waals surface area (Å²) in [5.74, 6) is 1.66. The zero-order valence-corrected chi connectivity index (χ0v) is 20.2. The van der Waals surface area contributed by atoms with E-state index in [1.54, 1.807) is 23.3 Å². The summed E-state index contributed by atoms with van der Waals surface area (Å²) < 4.78 is 9.15. The molecular formula is C24H25N11O2. The van der Waals surface area contributed by atoms with Crippen molar-refractivity contribution in [1.29, 1.82) is 0 Å². The first-order valence-corrected chi connectivity index (χ1v) is 11.8. The third kappa shape index (κ3) is 4.47. The first-order chi connectivity index (χ1) is 18.1. The van der Waals surface area contributed by atoms with Gasteiger partial charge in [0.15, 0.2) is 17.0 Å². The summed E-state index contributed by atoms with van der Waals surface area (Å²) in [6.07, 6.45) is 6.64. The summed E-state index contributed by atoms with van der Waals surface area (Å²) in [4.78, 5) is 36.0.